The summed E-state index contributed by atoms with van der Waals surface area (Å²) in [7, 11) is 0. The van der Waals surface area contributed by atoms with Crippen LogP contribution in [0.15, 0.2) is 18.2 Å². The van der Waals surface area contributed by atoms with Crippen LogP contribution in [0.3, 0.4) is 0 Å². The Balaban J connectivity index is 2.37. The monoisotopic (exact) mass is 360 g/mol. The second kappa shape index (κ2) is 7.72. The van der Waals surface area contributed by atoms with Crippen molar-refractivity contribution in [3.63, 3.8) is 0 Å². The van der Waals surface area contributed by atoms with E-state index in [1.54, 1.807) is 20.8 Å². The van der Waals surface area contributed by atoms with E-state index >= 15 is 0 Å². The standard InChI is InChI=1S/C17H23F3N2O3/c1-4-24-14(25-5-2)9-22-15(10(3)21)13-8-11(17(18,19)20)6-7-12(13)16(22)23/h6-8,10,14-15H,4-5,9,21H2,1-3H3. The van der Waals surface area contributed by atoms with Crippen molar-refractivity contribution in [1.29, 1.82) is 0 Å². The van der Waals surface area contributed by atoms with Gasteiger partial charge in [0.25, 0.3) is 5.91 Å². The second-order valence-corrected chi connectivity index (χ2v) is 5.90. The number of rotatable bonds is 7. The second-order valence-electron chi connectivity index (χ2n) is 5.90. The summed E-state index contributed by atoms with van der Waals surface area (Å²) in [5.41, 5.74) is 5.73. The van der Waals surface area contributed by atoms with Crippen molar-refractivity contribution in [2.45, 2.75) is 45.3 Å². The number of halogens is 3. The minimum atomic E-state index is -4.48. The van der Waals surface area contributed by atoms with Crippen LogP contribution in [-0.2, 0) is 15.7 Å². The van der Waals surface area contributed by atoms with Crippen molar-refractivity contribution in [2.24, 2.45) is 5.73 Å². The van der Waals surface area contributed by atoms with Crippen molar-refractivity contribution in [2.75, 3.05) is 19.8 Å². The third-order valence-electron chi connectivity index (χ3n) is 4.07. The zero-order valence-corrected chi connectivity index (χ0v) is 14.5. The Morgan fingerprint density at radius 3 is 2.32 bits per heavy atom. The molecule has 0 radical (unpaired) electrons. The molecule has 140 valence electrons. The highest BCUT2D eigenvalue weighted by atomic mass is 19.4. The van der Waals surface area contributed by atoms with Gasteiger partial charge in [-0.3, -0.25) is 4.79 Å². The molecule has 0 spiro atoms. The molecular weight excluding hydrogens is 337 g/mol. The Morgan fingerprint density at radius 1 is 1.24 bits per heavy atom. The molecule has 0 fully saturated rings. The van der Waals surface area contributed by atoms with E-state index < -0.39 is 30.1 Å². The van der Waals surface area contributed by atoms with Crippen molar-refractivity contribution in [3.05, 3.63) is 34.9 Å². The maximum atomic E-state index is 13.0. The molecule has 1 aromatic carbocycles. The highest BCUT2D eigenvalue weighted by Crippen LogP contribution is 2.39. The molecule has 0 saturated heterocycles. The highest BCUT2D eigenvalue weighted by molar-refractivity contribution is 5.99. The molecule has 0 saturated carbocycles. The number of amides is 1. The van der Waals surface area contributed by atoms with Gasteiger partial charge in [0.15, 0.2) is 6.29 Å². The van der Waals surface area contributed by atoms with Crippen LogP contribution < -0.4 is 5.73 Å². The summed E-state index contributed by atoms with van der Waals surface area (Å²) in [5.74, 6) is -0.365. The number of benzene rings is 1. The summed E-state index contributed by atoms with van der Waals surface area (Å²) in [6, 6.07) is 1.94. The number of fused-ring (bicyclic) bond motifs is 1. The van der Waals surface area contributed by atoms with E-state index in [4.69, 9.17) is 15.2 Å². The topological polar surface area (TPSA) is 64.8 Å². The first kappa shape index (κ1) is 19.7. The molecule has 1 amide bonds. The molecule has 2 atom stereocenters. The molecule has 1 heterocycles. The smallest absolute Gasteiger partial charge is 0.351 e. The van der Waals surface area contributed by atoms with Crippen LogP contribution in [0.2, 0.25) is 0 Å². The average Bonchev–Trinajstić information content (AvgIpc) is 2.79. The quantitative estimate of drug-likeness (QED) is 0.760. The zero-order valence-electron chi connectivity index (χ0n) is 14.5. The van der Waals surface area contributed by atoms with Gasteiger partial charge in [-0.25, -0.2) is 0 Å². The molecule has 1 aliphatic heterocycles. The molecule has 2 rings (SSSR count). The molecule has 1 aromatic rings. The van der Waals surface area contributed by atoms with Crippen molar-refractivity contribution in [3.8, 4) is 0 Å². The van der Waals surface area contributed by atoms with Crippen LogP contribution in [-0.4, -0.2) is 42.9 Å². The van der Waals surface area contributed by atoms with Gasteiger partial charge in [0.05, 0.1) is 18.2 Å². The van der Waals surface area contributed by atoms with E-state index in [9.17, 15) is 18.0 Å². The number of nitrogens with zero attached hydrogens (tertiary/aromatic N) is 1. The lowest BCUT2D eigenvalue weighted by atomic mass is 9.97. The van der Waals surface area contributed by atoms with E-state index in [1.807, 2.05) is 0 Å². The molecule has 0 aromatic heterocycles. The largest absolute Gasteiger partial charge is 0.416 e. The zero-order chi connectivity index (χ0) is 18.8. The molecule has 0 aliphatic carbocycles. The SMILES string of the molecule is CCOC(CN1C(=O)c2ccc(C(F)(F)F)cc2C1C(C)N)OCC. The van der Waals surface area contributed by atoms with E-state index in [1.165, 1.54) is 11.0 Å². The van der Waals surface area contributed by atoms with Crippen molar-refractivity contribution in [1.82, 2.24) is 4.90 Å². The third kappa shape index (κ3) is 4.13. The molecule has 2 N–H and O–H groups in total. The number of carbonyl (C=O) groups is 1. The van der Waals surface area contributed by atoms with Crippen molar-refractivity contribution < 1.29 is 27.4 Å². The first-order valence-corrected chi connectivity index (χ1v) is 8.21. The Bertz CT molecular complexity index is 614. The summed E-state index contributed by atoms with van der Waals surface area (Å²) in [4.78, 5) is 14.1. The number of carbonyl (C=O) groups excluding carboxylic acids is 1. The van der Waals surface area contributed by atoms with Crippen LogP contribution in [0.1, 0.15) is 48.3 Å². The highest BCUT2D eigenvalue weighted by Gasteiger charge is 2.42. The van der Waals surface area contributed by atoms with Gasteiger partial charge in [0.1, 0.15) is 0 Å². The van der Waals surface area contributed by atoms with Crippen molar-refractivity contribution >= 4 is 5.91 Å². The van der Waals surface area contributed by atoms with Gasteiger partial charge in [-0.15, -0.1) is 0 Å². The van der Waals surface area contributed by atoms with Gasteiger partial charge in [-0.05, 0) is 44.5 Å². The Hall–Kier alpha value is -1.64. The number of nitrogens with two attached hydrogens (primary N) is 1. The Kier molecular flexibility index (Phi) is 6.08. The normalized spacial score (nSPS) is 18.8. The minimum absolute atomic E-state index is 0.1000. The summed E-state index contributed by atoms with van der Waals surface area (Å²) < 4.78 is 50.0. The minimum Gasteiger partial charge on any atom is -0.351 e. The molecule has 0 bridgehead atoms. The number of ether oxygens (including phenoxy) is 2. The summed E-state index contributed by atoms with van der Waals surface area (Å²) >= 11 is 0. The number of hydrogen-bond donors (Lipinski definition) is 1. The van der Waals surface area contributed by atoms with Gasteiger partial charge in [0, 0.05) is 24.8 Å². The fourth-order valence-electron chi connectivity index (χ4n) is 3.08. The van der Waals surface area contributed by atoms with Gasteiger partial charge in [-0.2, -0.15) is 13.2 Å². The molecule has 2 unspecified atom stereocenters. The maximum Gasteiger partial charge on any atom is 0.416 e. The lowest BCUT2D eigenvalue weighted by molar-refractivity contribution is -0.146. The third-order valence-corrected chi connectivity index (χ3v) is 4.07. The van der Waals surface area contributed by atoms with Crippen LogP contribution in [0, 0.1) is 0 Å². The van der Waals surface area contributed by atoms with E-state index in [0.29, 0.717) is 18.8 Å². The van der Waals surface area contributed by atoms with Gasteiger partial charge < -0.3 is 20.1 Å². The fraction of sp³-hybridized carbons (Fsp3) is 0.588. The summed E-state index contributed by atoms with van der Waals surface area (Å²) in [6.45, 7) is 6.14. The predicted molar refractivity (Wildman–Crippen MR) is 85.9 cm³/mol. The van der Waals surface area contributed by atoms with Crippen LogP contribution in [0.5, 0.6) is 0 Å². The summed E-state index contributed by atoms with van der Waals surface area (Å²) in [5, 5.41) is 0. The fourth-order valence-corrected chi connectivity index (χ4v) is 3.08. The van der Waals surface area contributed by atoms with Gasteiger partial charge >= 0.3 is 6.18 Å². The van der Waals surface area contributed by atoms with Crippen LogP contribution in [0.25, 0.3) is 0 Å². The van der Waals surface area contributed by atoms with Gasteiger partial charge in [0.2, 0.25) is 0 Å². The first-order chi connectivity index (χ1) is 11.7. The molecule has 25 heavy (non-hydrogen) atoms. The number of hydrogen-bond acceptors (Lipinski definition) is 4. The van der Waals surface area contributed by atoms with Crippen LogP contribution >= 0.6 is 0 Å². The van der Waals surface area contributed by atoms with Gasteiger partial charge in [-0.1, -0.05) is 0 Å². The molecular formula is C17H23F3N2O3. The predicted octanol–water partition coefficient (Wildman–Crippen LogP) is 2.95. The lowest BCUT2D eigenvalue weighted by Gasteiger charge is -2.31. The summed E-state index contributed by atoms with van der Waals surface area (Å²) in [6.07, 6.45) is -5.14. The van der Waals surface area contributed by atoms with E-state index in [2.05, 4.69) is 0 Å². The molecule has 8 heteroatoms. The van der Waals surface area contributed by atoms with E-state index in [-0.39, 0.29) is 18.0 Å². The average molecular weight is 360 g/mol. The van der Waals surface area contributed by atoms with Crippen LogP contribution in [0.4, 0.5) is 13.2 Å². The lowest BCUT2D eigenvalue weighted by Crippen LogP contribution is -2.43. The number of alkyl halides is 3. The maximum absolute atomic E-state index is 13.0. The Labute approximate surface area is 144 Å². The van der Waals surface area contributed by atoms with E-state index in [0.717, 1.165) is 12.1 Å². The molecule has 5 nitrogen and oxygen atoms in total. The first-order valence-electron chi connectivity index (χ1n) is 8.21. The Morgan fingerprint density at radius 2 is 1.84 bits per heavy atom. The molecule has 1 aliphatic rings.